The lowest BCUT2D eigenvalue weighted by atomic mass is 10.0. The summed E-state index contributed by atoms with van der Waals surface area (Å²) >= 11 is 0. The number of hydrogen-bond donors (Lipinski definition) is 1. The number of hydrogen-bond acceptors (Lipinski definition) is 4. The standard InChI is InChI=1S/C13H26N4O/c1-11(2)12(14)5-7-16(3)13-15-6-8-17(13)9-10-18-4/h6,8,11-12H,5,7,9-10,14H2,1-4H3. The second-order valence-electron chi connectivity index (χ2n) is 5.03. The molecule has 0 aliphatic heterocycles. The minimum absolute atomic E-state index is 0.245. The Balaban J connectivity index is 2.50. The molecule has 0 bridgehead atoms. The molecule has 0 fully saturated rings. The van der Waals surface area contributed by atoms with Gasteiger partial charge in [-0.2, -0.15) is 0 Å². The lowest BCUT2D eigenvalue weighted by Crippen LogP contribution is -2.32. The predicted octanol–water partition coefficient (Wildman–Crippen LogP) is 1.34. The summed E-state index contributed by atoms with van der Waals surface area (Å²) in [7, 11) is 3.76. The number of methoxy groups -OCH3 is 1. The summed E-state index contributed by atoms with van der Waals surface area (Å²) in [6, 6.07) is 0.245. The Morgan fingerprint density at radius 3 is 2.83 bits per heavy atom. The molecule has 0 aromatic carbocycles. The summed E-state index contributed by atoms with van der Waals surface area (Å²) in [5.74, 6) is 1.50. The molecule has 0 aliphatic carbocycles. The molecule has 5 heteroatoms. The van der Waals surface area contributed by atoms with Crippen LogP contribution in [0.25, 0.3) is 0 Å². The zero-order chi connectivity index (χ0) is 13.5. The van der Waals surface area contributed by atoms with Crippen LogP contribution in [0.4, 0.5) is 5.95 Å². The van der Waals surface area contributed by atoms with Gasteiger partial charge in [0.05, 0.1) is 6.61 Å². The van der Waals surface area contributed by atoms with Crippen LogP contribution in [-0.4, -0.2) is 42.9 Å². The third-order valence-corrected chi connectivity index (χ3v) is 3.23. The van der Waals surface area contributed by atoms with E-state index in [1.54, 1.807) is 7.11 Å². The van der Waals surface area contributed by atoms with Crippen LogP contribution >= 0.6 is 0 Å². The second-order valence-corrected chi connectivity index (χ2v) is 5.03. The molecule has 0 spiro atoms. The fourth-order valence-electron chi connectivity index (χ4n) is 1.78. The van der Waals surface area contributed by atoms with Gasteiger partial charge in [-0.3, -0.25) is 0 Å². The first kappa shape index (κ1) is 15.0. The van der Waals surface area contributed by atoms with Crippen LogP contribution in [0.3, 0.4) is 0 Å². The zero-order valence-corrected chi connectivity index (χ0v) is 12.0. The molecule has 1 heterocycles. The number of aromatic nitrogens is 2. The van der Waals surface area contributed by atoms with Gasteiger partial charge in [0.1, 0.15) is 0 Å². The fraction of sp³-hybridized carbons (Fsp3) is 0.769. The van der Waals surface area contributed by atoms with Crippen LogP contribution in [0, 0.1) is 5.92 Å². The highest BCUT2D eigenvalue weighted by Gasteiger charge is 2.12. The normalized spacial score (nSPS) is 13.0. The Morgan fingerprint density at radius 2 is 2.22 bits per heavy atom. The SMILES string of the molecule is COCCn1ccnc1N(C)CCC(N)C(C)C. The second kappa shape index (κ2) is 7.38. The van der Waals surface area contributed by atoms with Crippen molar-refractivity contribution in [1.29, 1.82) is 0 Å². The van der Waals surface area contributed by atoms with Crippen molar-refractivity contribution in [1.82, 2.24) is 9.55 Å². The van der Waals surface area contributed by atoms with Crippen molar-refractivity contribution in [3.63, 3.8) is 0 Å². The number of ether oxygens (including phenoxy) is 1. The molecule has 1 aromatic heterocycles. The van der Waals surface area contributed by atoms with E-state index in [0.717, 1.165) is 25.5 Å². The first-order chi connectivity index (χ1) is 8.56. The molecule has 1 rings (SSSR count). The molecule has 2 N–H and O–H groups in total. The van der Waals surface area contributed by atoms with Crippen LogP contribution in [0.15, 0.2) is 12.4 Å². The molecule has 5 nitrogen and oxygen atoms in total. The molecule has 1 aromatic rings. The highest BCUT2D eigenvalue weighted by Crippen LogP contribution is 2.11. The smallest absolute Gasteiger partial charge is 0.205 e. The minimum Gasteiger partial charge on any atom is -0.383 e. The molecular formula is C13H26N4O. The third-order valence-electron chi connectivity index (χ3n) is 3.23. The van der Waals surface area contributed by atoms with Crippen LogP contribution < -0.4 is 10.6 Å². The highest BCUT2D eigenvalue weighted by atomic mass is 16.5. The highest BCUT2D eigenvalue weighted by molar-refractivity contribution is 5.29. The molecule has 18 heavy (non-hydrogen) atoms. The lowest BCUT2D eigenvalue weighted by molar-refractivity contribution is 0.187. The quantitative estimate of drug-likeness (QED) is 0.760. The van der Waals surface area contributed by atoms with Gasteiger partial charge in [0, 0.05) is 45.7 Å². The van der Waals surface area contributed by atoms with Crippen molar-refractivity contribution in [2.45, 2.75) is 32.9 Å². The van der Waals surface area contributed by atoms with E-state index in [2.05, 4.69) is 35.3 Å². The Bertz CT molecular complexity index is 337. The van der Waals surface area contributed by atoms with Crippen molar-refractivity contribution in [3.8, 4) is 0 Å². The van der Waals surface area contributed by atoms with Crippen molar-refractivity contribution < 1.29 is 4.74 Å². The first-order valence-corrected chi connectivity index (χ1v) is 6.53. The van der Waals surface area contributed by atoms with E-state index in [1.807, 2.05) is 12.4 Å². The summed E-state index contributed by atoms with van der Waals surface area (Å²) in [6.45, 7) is 6.76. The van der Waals surface area contributed by atoms with Crippen LogP contribution in [0.1, 0.15) is 20.3 Å². The average molecular weight is 254 g/mol. The maximum Gasteiger partial charge on any atom is 0.205 e. The molecule has 0 amide bonds. The van der Waals surface area contributed by atoms with Gasteiger partial charge in [-0.1, -0.05) is 13.8 Å². The Labute approximate surface area is 110 Å². The number of imidazole rings is 1. The molecule has 0 saturated heterocycles. The monoisotopic (exact) mass is 254 g/mol. The molecule has 0 saturated carbocycles. The number of nitrogens with zero attached hydrogens (tertiary/aromatic N) is 3. The number of anilines is 1. The number of rotatable bonds is 8. The van der Waals surface area contributed by atoms with Gasteiger partial charge >= 0.3 is 0 Å². The molecule has 0 aliphatic rings. The van der Waals surface area contributed by atoms with E-state index in [1.165, 1.54) is 0 Å². The van der Waals surface area contributed by atoms with E-state index < -0.39 is 0 Å². The Hall–Kier alpha value is -1.07. The zero-order valence-electron chi connectivity index (χ0n) is 12.0. The summed E-state index contributed by atoms with van der Waals surface area (Å²) in [6.07, 6.45) is 4.78. The van der Waals surface area contributed by atoms with Gasteiger partial charge in [-0.15, -0.1) is 0 Å². The van der Waals surface area contributed by atoms with Crippen molar-refractivity contribution in [3.05, 3.63) is 12.4 Å². The average Bonchev–Trinajstić information content (AvgIpc) is 2.81. The largest absolute Gasteiger partial charge is 0.383 e. The van der Waals surface area contributed by atoms with E-state index in [9.17, 15) is 0 Å². The van der Waals surface area contributed by atoms with Crippen molar-refractivity contribution in [2.24, 2.45) is 11.7 Å². The summed E-state index contributed by atoms with van der Waals surface area (Å²) in [5.41, 5.74) is 6.06. The fourth-order valence-corrected chi connectivity index (χ4v) is 1.78. The number of nitrogens with two attached hydrogens (primary N) is 1. The van der Waals surface area contributed by atoms with Gasteiger partial charge in [-0.05, 0) is 12.3 Å². The van der Waals surface area contributed by atoms with Gasteiger partial charge in [-0.25, -0.2) is 4.98 Å². The molecule has 1 atom stereocenters. The van der Waals surface area contributed by atoms with Gasteiger partial charge in [0.15, 0.2) is 0 Å². The molecule has 1 unspecified atom stereocenters. The van der Waals surface area contributed by atoms with Gasteiger partial charge in [0.25, 0.3) is 0 Å². The Kier molecular flexibility index (Phi) is 6.15. The lowest BCUT2D eigenvalue weighted by Gasteiger charge is -2.23. The van der Waals surface area contributed by atoms with Gasteiger partial charge < -0.3 is 19.9 Å². The summed E-state index contributed by atoms with van der Waals surface area (Å²) in [5, 5.41) is 0. The van der Waals surface area contributed by atoms with Crippen molar-refractivity contribution in [2.75, 3.05) is 32.2 Å². The molecule has 0 radical (unpaired) electrons. The third kappa shape index (κ3) is 4.31. The van der Waals surface area contributed by atoms with E-state index >= 15 is 0 Å². The molecule has 104 valence electrons. The van der Waals surface area contributed by atoms with E-state index in [0.29, 0.717) is 12.5 Å². The summed E-state index contributed by atoms with van der Waals surface area (Å²) < 4.78 is 7.19. The van der Waals surface area contributed by atoms with E-state index in [-0.39, 0.29) is 6.04 Å². The van der Waals surface area contributed by atoms with Crippen LogP contribution in [0.5, 0.6) is 0 Å². The van der Waals surface area contributed by atoms with Crippen molar-refractivity contribution >= 4 is 5.95 Å². The van der Waals surface area contributed by atoms with E-state index in [4.69, 9.17) is 10.5 Å². The minimum atomic E-state index is 0.245. The Morgan fingerprint density at radius 1 is 1.50 bits per heavy atom. The maximum absolute atomic E-state index is 6.06. The topological polar surface area (TPSA) is 56.3 Å². The maximum atomic E-state index is 6.06. The van der Waals surface area contributed by atoms with Crippen LogP contribution in [-0.2, 0) is 11.3 Å². The first-order valence-electron chi connectivity index (χ1n) is 6.53. The van der Waals surface area contributed by atoms with Gasteiger partial charge in [0.2, 0.25) is 5.95 Å². The predicted molar refractivity (Wildman–Crippen MR) is 74.8 cm³/mol. The summed E-state index contributed by atoms with van der Waals surface area (Å²) in [4.78, 5) is 6.54. The van der Waals surface area contributed by atoms with Crippen LogP contribution in [0.2, 0.25) is 0 Å². The molecular weight excluding hydrogens is 228 g/mol.